The lowest BCUT2D eigenvalue weighted by atomic mass is 9.49. The third-order valence-corrected chi connectivity index (χ3v) is 5.63. The van der Waals surface area contributed by atoms with Crippen LogP contribution in [0.25, 0.3) is 0 Å². The zero-order valence-electron chi connectivity index (χ0n) is 8.62. The van der Waals surface area contributed by atoms with E-state index in [0.717, 1.165) is 22.8 Å². The van der Waals surface area contributed by atoms with Crippen LogP contribution >= 0.6 is 11.8 Å². The Kier molecular flexibility index (Phi) is 2.63. The molecule has 0 spiro atoms. The van der Waals surface area contributed by atoms with E-state index in [-0.39, 0.29) is 0 Å². The molecule has 0 saturated heterocycles. The minimum atomic E-state index is 0.345. The first-order chi connectivity index (χ1) is 6.16. The average molecular weight is 200 g/mol. The van der Waals surface area contributed by atoms with Gasteiger partial charge in [-0.25, -0.2) is 0 Å². The summed E-state index contributed by atoms with van der Waals surface area (Å²) in [6, 6.07) is 0. The van der Waals surface area contributed by atoms with Gasteiger partial charge >= 0.3 is 0 Å². The molecule has 0 heterocycles. The lowest BCUT2D eigenvalue weighted by Crippen LogP contribution is -2.53. The van der Waals surface area contributed by atoms with Crippen LogP contribution in [-0.2, 0) is 0 Å². The van der Waals surface area contributed by atoms with Crippen molar-refractivity contribution in [1.29, 1.82) is 0 Å². The number of thioether (sulfide) groups is 1. The Hall–Kier alpha value is 0.310. The third-order valence-electron chi connectivity index (χ3n) is 4.22. The molecule has 1 N–H and O–H groups in total. The van der Waals surface area contributed by atoms with Crippen molar-refractivity contribution < 1.29 is 5.11 Å². The summed E-state index contributed by atoms with van der Waals surface area (Å²) >= 11 is 2.00. The zero-order valence-corrected chi connectivity index (χ0v) is 9.44. The fourth-order valence-electron chi connectivity index (χ4n) is 3.15. The van der Waals surface area contributed by atoms with Crippen molar-refractivity contribution in [3.63, 3.8) is 0 Å². The van der Waals surface area contributed by atoms with Crippen LogP contribution in [0.3, 0.4) is 0 Å². The summed E-state index contributed by atoms with van der Waals surface area (Å²) in [7, 11) is 0. The van der Waals surface area contributed by atoms with E-state index in [1.165, 1.54) is 19.3 Å². The predicted octanol–water partition coefficient (Wildman–Crippen LogP) is 2.54. The van der Waals surface area contributed by atoms with Gasteiger partial charge in [0.25, 0.3) is 0 Å². The molecule has 3 fully saturated rings. The average Bonchev–Trinajstić information content (AvgIpc) is 2.14. The second-order valence-electron chi connectivity index (χ2n) is 5.07. The van der Waals surface area contributed by atoms with Gasteiger partial charge in [0.15, 0.2) is 0 Å². The topological polar surface area (TPSA) is 20.2 Å². The smallest absolute Gasteiger partial charge is 0.0521 e. The molecular formula is C11H20OS. The lowest BCUT2D eigenvalue weighted by molar-refractivity contribution is -0.0595. The van der Waals surface area contributed by atoms with Crippen LogP contribution in [0.2, 0.25) is 0 Å². The molecule has 0 amide bonds. The van der Waals surface area contributed by atoms with Crippen LogP contribution < -0.4 is 0 Å². The van der Waals surface area contributed by atoms with Crippen molar-refractivity contribution in [2.75, 3.05) is 12.4 Å². The number of rotatable bonds is 3. The predicted molar refractivity (Wildman–Crippen MR) is 57.9 cm³/mol. The molecule has 13 heavy (non-hydrogen) atoms. The summed E-state index contributed by atoms with van der Waals surface area (Å²) in [5.41, 5.74) is 0.603. The molecule has 2 heteroatoms. The van der Waals surface area contributed by atoms with Gasteiger partial charge < -0.3 is 5.11 Å². The summed E-state index contributed by atoms with van der Waals surface area (Å²) in [6.45, 7) is 5.20. The number of fused-ring (bicyclic) bond motifs is 2. The van der Waals surface area contributed by atoms with E-state index in [1.807, 2.05) is 11.8 Å². The van der Waals surface area contributed by atoms with Crippen LogP contribution in [0.5, 0.6) is 0 Å². The van der Waals surface area contributed by atoms with Crippen molar-refractivity contribution in [3.05, 3.63) is 0 Å². The molecule has 0 aromatic carbocycles. The van der Waals surface area contributed by atoms with Gasteiger partial charge in [0.05, 0.1) is 6.61 Å². The maximum Gasteiger partial charge on any atom is 0.0521 e. The standard InChI is InChI=1S/C11H20OS/c1-11(2)8-3-4-10(9(11)7-8)13-6-5-12/h8-10,12H,3-7H2,1-2H3/t8-,9+,10-/m0/s1. The van der Waals surface area contributed by atoms with Gasteiger partial charge in [-0.15, -0.1) is 0 Å². The Labute approximate surface area is 85.3 Å². The fourth-order valence-corrected chi connectivity index (χ4v) is 4.55. The van der Waals surface area contributed by atoms with Crippen molar-refractivity contribution in [3.8, 4) is 0 Å². The first-order valence-corrected chi connectivity index (χ1v) is 6.43. The Morgan fingerprint density at radius 2 is 2.15 bits per heavy atom. The fraction of sp³-hybridized carbons (Fsp3) is 1.00. The van der Waals surface area contributed by atoms with Gasteiger partial charge in [-0.3, -0.25) is 0 Å². The van der Waals surface area contributed by atoms with Gasteiger partial charge in [0.2, 0.25) is 0 Å². The molecule has 2 bridgehead atoms. The second-order valence-corrected chi connectivity index (χ2v) is 6.42. The van der Waals surface area contributed by atoms with E-state index in [4.69, 9.17) is 5.11 Å². The summed E-state index contributed by atoms with van der Waals surface area (Å²) in [4.78, 5) is 0. The number of hydrogen-bond donors (Lipinski definition) is 1. The molecule has 0 aliphatic heterocycles. The number of hydrogen-bond acceptors (Lipinski definition) is 2. The van der Waals surface area contributed by atoms with E-state index >= 15 is 0 Å². The Balaban J connectivity index is 1.91. The van der Waals surface area contributed by atoms with Crippen molar-refractivity contribution >= 4 is 11.8 Å². The van der Waals surface area contributed by atoms with E-state index in [0.29, 0.717) is 12.0 Å². The molecule has 3 rings (SSSR count). The molecule has 0 aromatic heterocycles. The highest BCUT2D eigenvalue weighted by molar-refractivity contribution is 7.99. The lowest BCUT2D eigenvalue weighted by Gasteiger charge is -2.60. The van der Waals surface area contributed by atoms with E-state index in [9.17, 15) is 0 Å². The Morgan fingerprint density at radius 3 is 2.69 bits per heavy atom. The molecule has 0 radical (unpaired) electrons. The molecule has 3 aliphatic carbocycles. The normalized spacial score (nSPS) is 41.3. The summed E-state index contributed by atoms with van der Waals surface area (Å²) in [5, 5.41) is 9.65. The Bertz CT molecular complexity index is 189. The Morgan fingerprint density at radius 1 is 1.38 bits per heavy atom. The first kappa shape index (κ1) is 9.85. The van der Waals surface area contributed by atoms with Crippen LogP contribution in [0.1, 0.15) is 33.1 Å². The molecule has 0 aromatic rings. The minimum absolute atomic E-state index is 0.345. The first-order valence-electron chi connectivity index (χ1n) is 5.38. The highest BCUT2D eigenvalue weighted by Gasteiger charge is 2.54. The maximum absolute atomic E-state index is 8.81. The maximum atomic E-state index is 8.81. The molecule has 0 unspecified atom stereocenters. The largest absolute Gasteiger partial charge is 0.396 e. The van der Waals surface area contributed by atoms with Gasteiger partial charge in [0.1, 0.15) is 0 Å². The SMILES string of the molecule is CC1(C)[C@H]2CC[C@H](SCCO)[C@H]1C2. The summed E-state index contributed by atoms with van der Waals surface area (Å²) in [5.74, 6) is 2.87. The molecule has 3 saturated carbocycles. The summed E-state index contributed by atoms with van der Waals surface area (Å²) < 4.78 is 0. The van der Waals surface area contributed by atoms with Crippen LogP contribution in [0.15, 0.2) is 0 Å². The minimum Gasteiger partial charge on any atom is -0.396 e. The van der Waals surface area contributed by atoms with Gasteiger partial charge in [-0.1, -0.05) is 13.8 Å². The van der Waals surface area contributed by atoms with E-state index < -0.39 is 0 Å². The molecule has 3 atom stereocenters. The zero-order chi connectivity index (χ0) is 9.47. The third kappa shape index (κ3) is 1.52. The summed E-state index contributed by atoms with van der Waals surface area (Å²) in [6.07, 6.45) is 4.27. The van der Waals surface area contributed by atoms with Crippen molar-refractivity contribution in [2.45, 2.75) is 38.4 Å². The highest BCUT2D eigenvalue weighted by atomic mass is 32.2. The molecule has 1 nitrogen and oxygen atoms in total. The molecule has 76 valence electrons. The monoisotopic (exact) mass is 200 g/mol. The van der Waals surface area contributed by atoms with E-state index in [2.05, 4.69) is 13.8 Å². The van der Waals surface area contributed by atoms with Crippen LogP contribution in [-0.4, -0.2) is 22.7 Å². The van der Waals surface area contributed by atoms with Gasteiger partial charge in [-0.2, -0.15) is 11.8 Å². The molecule has 3 aliphatic rings. The van der Waals surface area contributed by atoms with Crippen molar-refractivity contribution in [2.24, 2.45) is 17.3 Å². The van der Waals surface area contributed by atoms with Crippen LogP contribution in [0, 0.1) is 17.3 Å². The highest BCUT2D eigenvalue weighted by Crippen LogP contribution is 2.61. The second kappa shape index (κ2) is 3.47. The number of aliphatic hydroxyl groups excluding tert-OH is 1. The number of aliphatic hydroxyl groups is 1. The van der Waals surface area contributed by atoms with E-state index in [1.54, 1.807) is 0 Å². The molecular weight excluding hydrogens is 180 g/mol. The van der Waals surface area contributed by atoms with Gasteiger partial charge in [-0.05, 0) is 36.5 Å². The van der Waals surface area contributed by atoms with Crippen molar-refractivity contribution in [1.82, 2.24) is 0 Å². The van der Waals surface area contributed by atoms with Crippen LogP contribution in [0.4, 0.5) is 0 Å². The quantitative estimate of drug-likeness (QED) is 0.755. The van der Waals surface area contributed by atoms with Gasteiger partial charge in [0, 0.05) is 11.0 Å².